The fraction of sp³-hybridized carbons (Fsp3) is 0.857. The van der Waals surface area contributed by atoms with Crippen molar-refractivity contribution in [2.75, 3.05) is 0 Å². The Labute approximate surface area is 110 Å². The highest BCUT2D eigenvalue weighted by Gasteiger charge is 2.91. The Kier molecular flexibility index (Phi) is 4.71. The van der Waals surface area contributed by atoms with Crippen molar-refractivity contribution in [3.05, 3.63) is 0 Å². The zero-order valence-corrected chi connectivity index (χ0v) is 9.31. The van der Waals surface area contributed by atoms with Gasteiger partial charge >= 0.3 is 36.0 Å². The van der Waals surface area contributed by atoms with Gasteiger partial charge in [0.2, 0.25) is 0 Å². The zero-order chi connectivity index (χ0) is 18.4. The molecule has 0 heterocycles. The first-order valence-electron chi connectivity index (χ1n) is 4.38. The molecule has 0 fully saturated rings. The van der Waals surface area contributed by atoms with Gasteiger partial charge in [-0.05, 0) is 0 Å². The zero-order valence-electron chi connectivity index (χ0n) is 9.31. The lowest BCUT2D eigenvalue weighted by atomic mass is 9.97. The molecule has 0 aliphatic carbocycles. The van der Waals surface area contributed by atoms with Crippen LogP contribution in [0.4, 0.5) is 57.1 Å². The Balaban J connectivity index is 6.16. The summed E-state index contributed by atoms with van der Waals surface area (Å²) in [4.78, 5) is 9.40. The lowest BCUT2D eigenvalue weighted by Crippen LogP contribution is -2.70. The van der Waals surface area contributed by atoms with E-state index in [0.717, 1.165) is 0 Å². The van der Waals surface area contributed by atoms with Crippen LogP contribution in [0.15, 0.2) is 0 Å². The van der Waals surface area contributed by atoms with E-state index in [9.17, 15) is 61.9 Å². The van der Waals surface area contributed by atoms with Crippen LogP contribution in [0, 0.1) is 0 Å². The van der Waals surface area contributed by atoms with Crippen molar-refractivity contribution in [1.82, 2.24) is 0 Å². The van der Waals surface area contributed by atoms with E-state index in [4.69, 9.17) is 0 Å². The molecule has 132 valence electrons. The van der Waals surface area contributed by atoms with Crippen molar-refractivity contribution < 1.29 is 66.6 Å². The number of hydrogen-bond donors (Lipinski definition) is 0. The molecule has 0 saturated heterocycles. The van der Waals surface area contributed by atoms with Gasteiger partial charge in [0.25, 0.3) is 6.47 Å². The minimum absolute atomic E-state index is 1.63. The molecule has 0 spiro atoms. The molecule has 2 nitrogen and oxygen atoms in total. The molecule has 0 aromatic carbocycles. The third kappa shape index (κ3) is 2.53. The Bertz CT molecular complexity index is 423. The fourth-order valence-electron chi connectivity index (χ4n) is 0.890. The van der Waals surface area contributed by atoms with Crippen LogP contribution in [-0.2, 0) is 9.53 Å². The molecule has 15 heteroatoms. The number of halogens is 13. The number of ether oxygens (including phenoxy) is 1. The maximum atomic E-state index is 12.7. The second-order valence-electron chi connectivity index (χ2n) is 3.53. The second-order valence-corrected chi connectivity index (χ2v) is 3.53. The van der Waals surface area contributed by atoms with E-state index in [1.807, 2.05) is 0 Å². The molecule has 22 heavy (non-hydrogen) atoms. The number of hydrogen-bond acceptors (Lipinski definition) is 2. The Morgan fingerprint density at radius 3 is 1.14 bits per heavy atom. The van der Waals surface area contributed by atoms with E-state index in [1.54, 1.807) is 0 Å². The monoisotopic (exact) mass is 364 g/mol. The van der Waals surface area contributed by atoms with E-state index < -0.39 is 42.4 Å². The van der Waals surface area contributed by atoms with E-state index in [1.165, 1.54) is 0 Å². The maximum Gasteiger partial charge on any atom is 0.473 e. The third-order valence-electron chi connectivity index (χ3n) is 2.10. The summed E-state index contributed by atoms with van der Waals surface area (Å²) < 4.78 is 162. The van der Waals surface area contributed by atoms with E-state index in [0.29, 0.717) is 0 Å². The highest BCUT2D eigenvalue weighted by Crippen LogP contribution is 2.60. The van der Waals surface area contributed by atoms with Crippen molar-refractivity contribution in [3.63, 3.8) is 0 Å². The molecule has 0 aliphatic rings. The topological polar surface area (TPSA) is 26.3 Å². The summed E-state index contributed by atoms with van der Waals surface area (Å²) in [7, 11) is 0. The smallest absolute Gasteiger partial charge is 0.398 e. The fourth-order valence-corrected chi connectivity index (χ4v) is 0.890. The first kappa shape index (κ1) is 20.6. The lowest BCUT2D eigenvalue weighted by Gasteiger charge is -2.38. The molecule has 0 aliphatic heterocycles. The molecule has 0 saturated carbocycles. The largest absolute Gasteiger partial charge is 0.473 e. The van der Waals surface area contributed by atoms with Gasteiger partial charge in [-0.1, -0.05) is 0 Å². The van der Waals surface area contributed by atoms with E-state index in [-0.39, 0.29) is 0 Å². The number of rotatable bonds is 6. The van der Waals surface area contributed by atoms with Crippen LogP contribution in [-0.4, -0.2) is 42.4 Å². The van der Waals surface area contributed by atoms with Crippen molar-refractivity contribution >= 4 is 6.47 Å². The van der Waals surface area contributed by atoms with Crippen molar-refractivity contribution in [2.45, 2.75) is 36.0 Å². The molecule has 0 atom stereocenters. The van der Waals surface area contributed by atoms with Crippen LogP contribution in [0.1, 0.15) is 0 Å². The first-order chi connectivity index (χ1) is 9.31. The summed E-state index contributed by atoms with van der Waals surface area (Å²) in [6.45, 7) is -1.63. The highest BCUT2D eigenvalue weighted by molar-refractivity contribution is 5.38. The minimum atomic E-state index is -8.00. The molecule has 0 radical (unpaired) electrons. The van der Waals surface area contributed by atoms with Crippen LogP contribution in [0.25, 0.3) is 0 Å². The summed E-state index contributed by atoms with van der Waals surface area (Å²) in [5, 5.41) is 0. The van der Waals surface area contributed by atoms with Gasteiger partial charge in [0.1, 0.15) is 0 Å². The van der Waals surface area contributed by atoms with E-state index >= 15 is 0 Å². The molecule has 0 bridgehead atoms. The third-order valence-corrected chi connectivity index (χ3v) is 2.10. The van der Waals surface area contributed by atoms with Crippen molar-refractivity contribution in [3.8, 4) is 0 Å². The van der Waals surface area contributed by atoms with Gasteiger partial charge < -0.3 is 4.74 Å². The summed E-state index contributed by atoms with van der Waals surface area (Å²) in [6.07, 6.45) is -14.3. The standard InChI is InChI=1S/C7HF13O2/c8-2(9,4(12,13)6(16,17)18)3(10,11)5(14,15)7(19,20)22-1-21/h1H. The average Bonchev–Trinajstić information content (AvgIpc) is 2.26. The van der Waals surface area contributed by atoms with Gasteiger partial charge in [-0.15, -0.1) is 0 Å². The molecule has 0 unspecified atom stereocenters. The highest BCUT2D eigenvalue weighted by atomic mass is 19.4. The number of carbonyl (C=O) groups is 1. The summed E-state index contributed by atoms with van der Waals surface area (Å²) in [6, 6.07) is 0. The van der Waals surface area contributed by atoms with Crippen LogP contribution < -0.4 is 0 Å². The quantitative estimate of drug-likeness (QED) is 0.529. The van der Waals surface area contributed by atoms with Gasteiger partial charge in [0, 0.05) is 0 Å². The molecule has 0 rings (SSSR count). The number of carbonyl (C=O) groups excluding carboxylic acids is 1. The van der Waals surface area contributed by atoms with Crippen molar-refractivity contribution in [2.24, 2.45) is 0 Å². The maximum absolute atomic E-state index is 12.7. The lowest BCUT2D eigenvalue weighted by molar-refractivity contribution is -0.459. The van der Waals surface area contributed by atoms with Gasteiger partial charge in [0.05, 0.1) is 0 Å². The van der Waals surface area contributed by atoms with Gasteiger partial charge in [-0.2, -0.15) is 57.1 Å². The van der Waals surface area contributed by atoms with Crippen molar-refractivity contribution in [1.29, 1.82) is 0 Å². The van der Waals surface area contributed by atoms with E-state index in [2.05, 4.69) is 4.74 Å². The Hall–Kier alpha value is -1.44. The molecule has 0 aromatic heterocycles. The molecule has 0 aromatic rings. The first-order valence-corrected chi connectivity index (χ1v) is 4.38. The Morgan fingerprint density at radius 2 is 0.864 bits per heavy atom. The van der Waals surface area contributed by atoms with Crippen LogP contribution in [0.2, 0.25) is 0 Å². The second kappa shape index (κ2) is 5.04. The van der Waals surface area contributed by atoms with Gasteiger partial charge in [-0.3, -0.25) is 4.79 Å². The SMILES string of the molecule is O=COC(F)(F)C(F)(F)C(F)(F)C(F)(F)C(F)(F)C(F)(F)F. The van der Waals surface area contributed by atoms with Crippen LogP contribution >= 0.6 is 0 Å². The molecule has 0 amide bonds. The summed E-state index contributed by atoms with van der Waals surface area (Å²) >= 11 is 0. The summed E-state index contributed by atoms with van der Waals surface area (Å²) in [5.41, 5.74) is 0. The molecular weight excluding hydrogens is 363 g/mol. The average molecular weight is 364 g/mol. The number of alkyl halides is 13. The van der Waals surface area contributed by atoms with Crippen LogP contribution in [0.3, 0.4) is 0 Å². The normalized spacial score (nSPS) is 15.7. The van der Waals surface area contributed by atoms with Gasteiger partial charge in [0.15, 0.2) is 0 Å². The Morgan fingerprint density at radius 1 is 0.545 bits per heavy atom. The predicted octanol–water partition coefficient (Wildman–Crippen LogP) is 3.86. The van der Waals surface area contributed by atoms with Gasteiger partial charge in [-0.25, -0.2) is 0 Å². The van der Waals surface area contributed by atoms with Crippen LogP contribution in [0.5, 0.6) is 0 Å². The minimum Gasteiger partial charge on any atom is -0.398 e. The molecular formula is C7HF13O2. The predicted molar refractivity (Wildman–Crippen MR) is 37.9 cm³/mol. The molecule has 0 N–H and O–H groups in total. The summed E-state index contributed by atoms with van der Waals surface area (Å²) in [5.74, 6) is -31.4.